The summed E-state index contributed by atoms with van der Waals surface area (Å²) < 4.78 is 27.8. The summed E-state index contributed by atoms with van der Waals surface area (Å²) in [5.41, 5.74) is 1.59. The zero-order valence-corrected chi connectivity index (χ0v) is 11.3. The van der Waals surface area contributed by atoms with Crippen LogP contribution in [0.25, 0.3) is 22.3 Å². The maximum absolute atomic E-state index is 13.2. The molecule has 3 nitrogen and oxygen atoms in total. The molecule has 2 heterocycles. The van der Waals surface area contributed by atoms with Gasteiger partial charge in [-0.25, -0.2) is 13.8 Å². The average Bonchev–Trinajstić information content (AvgIpc) is 2.80. The first-order valence-corrected chi connectivity index (χ1v) is 6.31. The van der Waals surface area contributed by atoms with Crippen molar-refractivity contribution in [1.29, 1.82) is 0 Å². The topological polar surface area (TPSA) is 30.7 Å². The van der Waals surface area contributed by atoms with Crippen molar-refractivity contribution in [2.75, 3.05) is 0 Å². The van der Waals surface area contributed by atoms with Gasteiger partial charge in [0, 0.05) is 28.6 Å². The van der Waals surface area contributed by atoms with E-state index in [1.54, 1.807) is 31.3 Å². The summed E-state index contributed by atoms with van der Waals surface area (Å²) in [6, 6.07) is 8.31. The quantitative estimate of drug-likeness (QED) is 0.708. The highest BCUT2D eigenvalue weighted by Crippen LogP contribution is 2.31. The molecule has 0 radical (unpaired) electrons. The van der Waals surface area contributed by atoms with E-state index >= 15 is 0 Å². The van der Waals surface area contributed by atoms with Gasteiger partial charge in [0.1, 0.15) is 0 Å². The van der Waals surface area contributed by atoms with Crippen molar-refractivity contribution in [3.63, 3.8) is 0 Å². The van der Waals surface area contributed by atoms with Gasteiger partial charge < -0.3 is 0 Å². The van der Waals surface area contributed by atoms with Gasteiger partial charge >= 0.3 is 0 Å². The van der Waals surface area contributed by atoms with Gasteiger partial charge in [0.15, 0.2) is 5.65 Å². The van der Waals surface area contributed by atoms with E-state index in [0.29, 0.717) is 21.7 Å². The Hall–Kier alpha value is -2.01. The summed E-state index contributed by atoms with van der Waals surface area (Å²) in [6.07, 6.45) is -1.16. The smallest absolute Gasteiger partial charge is 0.250 e. The fourth-order valence-corrected chi connectivity index (χ4v) is 2.21. The van der Waals surface area contributed by atoms with Crippen LogP contribution in [0.2, 0.25) is 5.02 Å². The minimum absolute atomic E-state index is 0.0620. The zero-order chi connectivity index (χ0) is 14.3. The van der Waals surface area contributed by atoms with Crippen LogP contribution in [0, 0.1) is 0 Å². The van der Waals surface area contributed by atoms with E-state index in [2.05, 4.69) is 10.1 Å². The summed E-state index contributed by atoms with van der Waals surface area (Å²) in [7, 11) is 1.68. The number of benzene rings is 1. The predicted molar refractivity (Wildman–Crippen MR) is 73.9 cm³/mol. The van der Waals surface area contributed by atoms with Crippen LogP contribution < -0.4 is 0 Å². The first kappa shape index (κ1) is 13.0. The molecule has 2 aromatic heterocycles. The third-order valence-electron chi connectivity index (χ3n) is 3.11. The molecule has 3 rings (SSSR count). The second-order valence-corrected chi connectivity index (χ2v) is 4.85. The lowest BCUT2D eigenvalue weighted by Gasteiger charge is -2.07. The Bertz CT molecular complexity index is 766. The molecule has 0 aliphatic carbocycles. The largest absolute Gasteiger partial charge is 0.264 e. The number of alkyl halides is 2. The van der Waals surface area contributed by atoms with Gasteiger partial charge in [0.05, 0.1) is 11.9 Å². The fraction of sp³-hybridized carbons (Fsp3) is 0.143. The van der Waals surface area contributed by atoms with Gasteiger partial charge in [0.2, 0.25) is 0 Å². The number of nitrogens with zero attached hydrogens (tertiary/aromatic N) is 3. The number of fused-ring (bicyclic) bond motifs is 1. The number of rotatable bonds is 2. The standard InChI is InChI=1S/C14H10ClF2N3/c1-20-14-11(7-18-20)10(13(16)17)6-12(19-14)8-2-4-9(15)5-3-8/h2-7,13H,1H3. The van der Waals surface area contributed by atoms with Crippen LogP contribution in [0.1, 0.15) is 12.0 Å². The maximum atomic E-state index is 13.2. The summed E-state index contributed by atoms with van der Waals surface area (Å²) in [4.78, 5) is 4.40. The molecule has 0 spiro atoms. The number of halogens is 3. The van der Waals surface area contributed by atoms with Crippen molar-refractivity contribution < 1.29 is 8.78 Å². The molecule has 0 bridgehead atoms. The normalized spacial score (nSPS) is 11.4. The van der Waals surface area contributed by atoms with Crippen LogP contribution in [0.15, 0.2) is 36.5 Å². The monoisotopic (exact) mass is 293 g/mol. The minimum Gasteiger partial charge on any atom is -0.250 e. The van der Waals surface area contributed by atoms with Crippen LogP contribution in [-0.2, 0) is 7.05 Å². The van der Waals surface area contributed by atoms with Crippen LogP contribution in [0.4, 0.5) is 8.78 Å². The summed E-state index contributed by atoms with van der Waals surface area (Å²) in [6.45, 7) is 0. The second-order valence-electron chi connectivity index (χ2n) is 4.41. The number of aromatic nitrogens is 3. The summed E-state index contributed by atoms with van der Waals surface area (Å²) in [5, 5.41) is 4.95. The minimum atomic E-state index is -2.57. The van der Waals surface area contributed by atoms with E-state index in [4.69, 9.17) is 11.6 Å². The summed E-state index contributed by atoms with van der Waals surface area (Å²) >= 11 is 5.83. The lowest BCUT2D eigenvalue weighted by molar-refractivity contribution is 0.153. The number of hydrogen-bond donors (Lipinski definition) is 0. The van der Waals surface area contributed by atoms with E-state index in [0.717, 1.165) is 5.56 Å². The average molecular weight is 294 g/mol. The second kappa shape index (κ2) is 4.83. The van der Waals surface area contributed by atoms with E-state index in [9.17, 15) is 8.78 Å². The Balaban J connectivity index is 2.26. The Morgan fingerprint density at radius 1 is 1.20 bits per heavy atom. The number of aryl methyl sites for hydroxylation is 1. The van der Waals surface area contributed by atoms with Crippen molar-refractivity contribution in [1.82, 2.24) is 14.8 Å². The zero-order valence-electron chi connectivity index (χ0n) is 10.5. The van der Waals surface area contributed by atoms with Gasteiger partial charge in [-0.05, 0) is 18.2 Å². The Morgan fingerprint density at radius 2 is 1.90 bits per heavy atom. The van der Waals surface area contributed by atoms with Crippen molar-refractivity contribution in [2.45, 2.75) is 6.43 Å². The Morgan fingerprint density at radius 3 is 2.55 bits per heavy atom. The van der Waals surface area contributed by atoms with Gasteiger partial charge in [-0.2, -0.15) is 5.10 Å². The van der Waals surface area contributed by atoms with Gasteiger partial charge in [-0.3, -0.25) is 4.68 Å². The molecule has 20 heavy (non-hydrogen) atoms. The molecule has 0 saturated carbocycles. The number of hydrogen-bond acceptors (Lipinski definition) is 2. The molecule has 102 valence electrons. The van der Waals surface area contributed by atoms with Crippen molar-refractivity contribution in [3.05, 3.63) is 47.1 Å². The lowest BCUT2D eigenvalue weighted by Crippen LogP contribution is -1.96. The van der Waals surface area contributed by atoms with Crippen molar-refractivity contribution >= 4 is 22.6 Å². The lowest BCUT2D eigenvalue weighted by atomic mass is 10.1. The van der Waals surface area contributed by atoms with E-state index in [1.807, 2.05) is 0 Å². The molecule has 0 fully saturated rings. The SMILES string of the molecule is Cn1ncc2c(C(F)F)cc(-c3ccc(Cl)cc3)nc21. The van der Waals surface area contributed by atoms with Gasteiger partial charge in [0.25, 0.3) is 6.43 Å². The molecule has 0 atom stereocenters. The van der Waals surface area contributed by atoms with Crippen LogP contribution in [0.3, 0.4) is 0 Å². The van der Waals surface area contributed by atoms with Gasteiger partial charge in [-0.1, -0.05) is 23.7 Å². The molecule has 0 N–H and O–H groups in total. The van der Waals surface area contributed by atoms with Crippen molar-refractivity contribution in [3.8, 4) is 11.3 Å². The van der Waals surface area contributed by atoms with E-state index in [1.165, 1.54) is 16.9 Å². The first-order chi connectivity index (χ1) is 9.56. The first-order valence-electron chi connectivity index (χ1n) is 5.93. The highest BCUT2D eigenvalue weighted by molar-refractivity contribution is 6.30. The molecule has 0 amide bonds. The molecule has 0 saturated heterocycles. The fourth-order valence-electron chi connectivity index (χ4n) is 2.09. The third kappa shape index (κ3) is 2.14. The molecular formula is C14H10ClF2N3. The van der Waals surface area contributed by atoms with E-state index < -0.39 is 6.43 Å². The Kier molecular flexibility index (Phi) is 3.14. The molecule has 0 aliphatic heterocycles. The van der Waals surface area contributed by atoms with Gasteiger partial charge in [-0.15, -0.1) is 0 Å². The van der Waals surface area contributed by atoms with Crippen LogP contribution >= 0.6 is 11.6 Å². The Labute approximate surface area is 118 Å². The third-order valence-corrected chi connectivity index (χ3v) is 3.36. The molecule has 0 unspecified atom stereocenters. The molecule has 3 aromatic rings. The molecule has 6 heteroatoms. The molecule has 1 aromatic carbocycles. The van der Waals surface area contributed by atoms with Crippen LogP contribution in [0.5, 0.6) is 0 Å². The predicted octanol–water partition coefficient (Wildman–Crippen LogP) is 4.23. The maximum Gasteiger partial charge on any atom is 0.264 e. The van der Waals surface area contributed by atoms with Crippen molar-refractivity contribution in [2.24, 2.45) is 7.05 Å². The summed E-state index contributed by atoms with van der Waals surface area (Å²) in [5.74, 6) is 0. The van der Waals surface area contributed by atoms with E-state index in [-0.39, 0.29) is 5.56 Å². The van der Waals surface area contributed by atoms with Crippen LogP contribution in [-0.4, -0.2) is 14.8 Å². The number of pyridine rings is 1. The highest BCUT2D eigenvalue weighted by Gasteiger charge is 2.17. The highest BCUT2D eigenvalue weighted by atomic mass is 35.5. The molecular weight excluding hydrogens is 284 g/mol. The molecule has 0 aliphatic rings.